The van der Waals surface area contributed by atoms with Crippen molar-refractivity contribution in [3.05, 3.63) is 12.5 Å². The van der Waals surface area contributed by atoms with Crippen LogP contribution in [0.25, 0.3) is 11.2 Å². The van der Waals surface area contributed by atoms with Gasteiger partial charge < -0.3 is 4.42 Å². The fourth-order valence-corrected chi connectivity index (χ4v) is 1.21. The first-order valence-corrected chi connectivity index (χ1v) is 4.71. The molecular weight excluding hydrogens is 196 g/mol. The molecule has 0 saturated carbocycles. The normalized spacial score (nSPS) is 12.1. The molecule has 2 heterocycles. The van der Waals surface area contributed by atoms with Gasteiger partial charge in [-0.15, -0.1) is 0 Å². The minimum Gasteiger partial charge on any atom is -0.408 e. The van der Waals surface area contributed by atoms with Gasteiger partial charge in [-0.25, -0.2) is 18.5 Å². The van der Waals surface area contributed by atoms with E-state index in [4.69, 9.17) is 9.56 Å². The maximum atomic E-state index is 10.8. The number of hydrogen-bond acceptors (Lipinski definition) is 6. The topological polar surface area (TPSA) is 112 Å². The summed E-state index contributed by atoms with van der Waals surface area (Å²) in [6.07, 6.45) is 2.56. The molecule has 0 saturated heterocycles. The van der Waals surface area contributed by atoms with Crippen LogP contribution in [0.1, 0.15) is 0 Å². The highest BCUT2D eigenvalue weighted by Gasteiger charge is 2.16. The molecule has 2 aromatic heterocycles. The third-order valence-electron chi connectivity index (χ3n) is 1.30. The van der Waals surface area contributed by atoms with Gasteiger partial charge in [-0.3, -0.25) is 0 Å². The van der Waals surface area contributed by atoms with Crippen LogP contribution in [-0.2, 0) is 10.0 Å². The van der Waals surface area contributed by atoms with E-state index >= 15 is 0 Å². The van der Waals surface area contributed by atoms with Crippen LogP contribution in [0, 0.1) is 0 Å². The summed E-state index contributed by atoms with van der Waals surface area (Å²) in [4.78, 5) is 10.9. The lowest BCUT2D eigenvalue weighted by Gasteiger charge is -1.84. The van der Waals surface area contributed by atoms with E-state index in [1.807, 2.05) is 0 Å². The van der Waals surface area contributed by atoms with Crippen molar-refractivity contribution in [1.82, 2.24) is 15.0 Å². The van der Waals surface area contributed by atoms with E-state index in [9.17, 15) is 8.42 Å². The molecular formula is C5H4N4O3S. The number of aromatic nitrogens is 3. The quantitative estimate of drug-likeness (QED) is 0.649. The number of nitrogens with two attached hydrogens (primary N) is 1. The van der Waals surface area contributed by atoms with Gasteiger partial charge >= 0.3 is 5.22 Å². The van der Waals surface area contributed by atoms with Crippen LogP contribution in [0.5, 0.6) is 0 Å². The predicted molar refractivity (Wildman–Crippen MR) is 41.0 cm³/mol. The first-order chi connectivity index (χ1) is 6.07. The van der Waals surface area contributed by atoms with Crippen molar-refractivity contribution in [3.8, 4) is 0 Å². The molecule has 13 heavy (non-hydrogen) atoms. The van der Waals surface area contributed by atoms with Gasteiger partial charge in [-0.2, -0.15) is 9.97 Å². The molecule has 2 aromatic rings. The van der Waals surface area contributed by atoms with Crippen LogP contribution in [-0.4, -0.2) is 23.4 Å². The molecule has 0 aliphatic carbocycles. The Labute approximate surface area is 72.7 Å². The highest BCUT2D eigenvalue weighted by atomic mass is 32.2. The Kier molecular flexibility index (Phi) is 1.54. The van der Waals surface area contributed by atoms with Gasteiger partial charge in [-0.1, -0.05) is 0 Å². The molecule has 68 valence electrons. The Balaban J connectivity index is 2.77. The van der Waals surface area contributed by atoms with E-state index in [2.05, 4.69) is 15.0 Å². The molecule has 8 heteroatoms. The zero-order valence-corrected chi connectivity index (χ0v) is 7.02. The summed E-state index contributed by atoms with van der Waals surface area (Å²) in [7, 11) is -3.91. The summed E-state index contributed by atoms with van der Waals surface area (Å²) in [5.41, 5.74) is 0.352. The Morgan fingerprint density at radius 3 is 2.85 bits per heavy atom. The Morgan fingerprint density at radius 2 is 2.23 bits per heavy atom. The lowest BCUT2D eigenvalue weighted by Crippen LogP contribution is -2.12. The molecule has 0 unspecified atom stereocenters. The molecule has 0 aliphatic rings. The van der Waals surface area contributed by atoms with Gasteiger partial charge in [0.2, 0.25) is 0 Å². The predicted octanol–water partition coefficient (Wildman–Crippen LogP) is -0.735. The summed E-state index contributed by atoms with van der Waals surface area (Å²) in [6, 6.07) is 0. The molecule has 2 N–H and O–H groups in total. The average molecular weight is 200 g/mol. The van der Waals surface area contributed by atoms with Crippen molar-refractivity contribution in [2.45, 2.75) is 5.22 Å². The smallest absolute Gasteiger partial charge is 0.333 e. The van der Waals surface area contributed by atoms with Gasteiger partial charge in [0.25, 0.3) is 15.7 Å². The van der Waals surface area contributed by atoms with E-state index in [-0.39, 0.29) is 11.2 Å². The second kappa shape index (κ2) is 2.47. The highest BCUT2D eigenvalue weighted by molar-refractivity contribution is 7.88. The highest BCUT2D eigenvalue weighted by Crippen LogP contribution is 2.13. The fraction of sp³-hybridized carbons (Fsp3) is 0. The summed E-state index contributed by atoms with van der Waals surface area (Å²) >= 11 is 0. The van der Waals surface area contributed by atoms with Crippen LogP contribution in [0.4, 0.5) is 0 Å². The average Bonchev–Trinajstić information content (AvgIpc) is 2.45. The standard InChI is InChI=1S/C5H4N4O3S/c6-13(10,11)5-9-3-1-7-2-8-4(3)12-5/h1-2H,(H2,6,10,11). The van der Waals surface area contributed by atoms with Gasteiger partial charge in [0, 0.05) is 0 Å². The van der Waals surface area contributed by atoms with Crippen molar-refractivity contribution in [3.63, 3.8) is 0 Å². The summed E-state index contributed by atoms with van der Waals surface area (Å²) in [5.74, 6) is 0. The largest absolute Gasteiger partial charge is 0.408 e. The molecule has 0 radical (unpaired) electrons. The third kappa shape index (κ3) is 1.36. The van der Waals surface area contributed by atoms with E-state index in [1.54, 1.807) is 0 Å². The number of nitrogens with zero attached hydrogens (tertiary/aromatic N) is 3. The van der Waals surface area contributed by atoms with Crippen molar-refractivity contribution < 1.29 is 12.8 Å². The molecule has 0 bridgehead atoms. The van der Waals surface area contributed by atoms with Crippen LogP contribution >= 0.6 is 0 Å². The number of fused-ring (bicyclic) bond motifs is 1. The van der Waals surface area contributed by atoms with Crippen molar-refractivity contribution in [1.29, 1.82) is 0 Å². The molecule has 0 spiro atoms. The minimum atomic E-state index is -3.91. The second-order valence-electron chi connectivity index (χ2n) is 2.24. The molecule has 0 amide bonds. The first-order valence-electron chi connectivity index (χ1n) is 3.17. The first kappa shape index (κ1) is 8.08. The summed E-state index contributed by atoms with van der Waals surface area (Å²) in [5, 5.41) is 4.24. The zero-order valence-electron chi connectivity index (χ0n) is 6.21. The van der Waals surface area contributed by atoms with Crippen molar-refractivity contribution in [2.75, 3.05) is 0 Å². The molecule has 0 atom stereocenters. The number of hydrogen-bond donors (Lipinski definition) is 1. The number of primary sulfonamides is 1. The lowest BCUT2D eigenvalue weighted by molar-refractivity contribution is 0.453. The van der Waals surface area contributed by atoms with Gasteiger partial charge in [0.15, 0.2) is 0 Å². The van der Waals surface area contributed by atoms with Crippen LogP contribution < -0.4 is 5.14 Å². The maximum absolute atomic E-state index is 10.8. The van der Waals surface area contributed by atoms with E-state index in [0.29, 0.717) is 0 Å². The molecule has 0 fully saturated rings. The third-order valence-corrected chi connectivity index (χ3v) is 1.96. The number of oxazole rings is 1. The molecule has 0 aliphatic heterocycles. The molecule has 2 rings (SSSR count). The van der Waals surface area contributed by atoms with Crippen LogP contribution in [0.3, 0.4) is 0 Å². The van der Waals surface area contributed by atoms with Crippen molar-refractivity contribution in [2.24, 2.45) is 5.14 Å². The molecule has 0 aromatic carbocycles. The Morgan fingerprint density at radius 1 is 1.46 bits per heavy atom. The van der Waals surface area contributed by atoms with Gasteiger partial charge in [0.1, 0.15) is 11.8 Å². The van der Waals surface area contributed by atoms with Crippen LogP contribution in [0.15, 0.2) is 22.2 Å². The van der Waals surface area contributed by atoms with E-state index < -0.39 is 15.2 Å². The Bertz CT molecular complexity index is 513. The van der Waals surface area contributed by atoms with Gasteiger partial charge in [0.05, 0.1) is 6.20 Å². The fourth-order valence-electron chi connectivity index (χ4n) is 0.792. The monoisotopic (exact) mass is 200 g/mol. The zero-order chi connectivity index (χ0) is 9.47. The lowest BCUT2D eigenvalue weighted by atomic mass is 10.6. The van der Waals surface area contributed by atoms with Gasteiger partial charge in [-0.05, 0) is 0 Å². The van der Waals surface area contributed by atoms with Crippen LogP contribution in [0.2, 0.25) is 0 Å². The molecule has 7 nitrogen and oxygen atoms in total. The minimum absolute atomic E-state index is 0.0963. The number of rotatable bonds is 1. The second-order valence-corrected chi connectivity index (χ2v) is 3.68. The van der Waals surface area contributed by atoms with E-state index in [0.717, 1.165) is 0 Å². The van der Waals surface area contributed by atoms with E-state index in [1.165, 1.54) is 12.5 Å². The number of sulfonamides is 1. The SMILES string of the molecule is NS(=O)(=O)c1nc2cncnc2o1. The van der Waals surface area contributed by atoms with Crippen molar-refractivity contribution >= 4 is 21.3 Å². The maximum Gasteiger partial charge on any atom is 0.333 e. The Hall–Kier alpha value is -1.54. The summed E-state index contributed by atoms with van der Waals surface area (Å²) in [6.45, 7) is 0. The summed E-state index contributed by atoms with van der Waals surface area (Å²) < 4.78 is 26.3.